The molecule has 0 aliphatic carbocycles. The Morgan fingerprint density at radius 2 is 2.12 bits per heavy atom. The van der Waals surface area contributed by atoms with Crippen molar-refractivity contribution in [3.8, 4) is 11.6 Å². The number of nitrogen functional groups attached to an aromatic ring is 1. The van der Waals surface area contributed by atoms with E-state index >= 15 is 0 Å². The number of ether oxygens (including phenoxy) is 1. The van der Waals surface area contributed by atoms with E-state index in [0.29, 0.717) is 34.7 Å². The van der Waals surface area contributed by atoms with Crippen molar-refractivity contribution in [2.75, 3.05) is 5.73 Å². The lowest BCUT2D eigenvalue weighted by atomic mass is 10.4. The first-order chi connectivity index (χ1) is 8.17. The SMILES string of the molecule is CCc1nc(N)cc(Oc2cncc(Cl)c2)n1. The summed E-state index contributed by atoms with van der Waals surface area (Å²) in [6, 6.07) is 3.21. The van der Waals surface area contributed by atoms with Crippen molar-refractivity contribution in [1.82, 2.24) is 15.0 Å². The Bertz CT molecular complexity index is 533. The molecule has 17 heavy (non-hydrogen) atoms. The first kappa shape index (κ1) is 11.6. The van der Waals surface area contributed by atoms with E-state index < -0.39 is 0 Å². The van der Waals surface area contributed by atoms with Crippen molar-refractivity contribution in [2.24, 2.45) is 0 Å². The minimum absolute atomic E-state index is 0.377. The summed E-state index contributed by atoms with van der Waals surface area (Å²) in [7, 11) is 0. The molecule has 2 rings (SSSR count). The number of hydrogen-bond donors (Lipinski definition) is 1. The van der Waals surface area contributed by atoms with E-state index in [1.165, 1.54) is 6.20 Å². The van der Waals surface area contributed by atoms with Gasteiger partial charge in [-0.05, 0) is 0 Å². The van der Waals surface area contributed by atoms with Gasteiger partial charge in [-0.2, -0.15) is 4.98 Å². The standard InChI is InChI=1S/C11H11ClN4O/c1-2-10-15-9(13)4-11(16-10)17-8-3-7(12)5-14-6-8/h3-6H,2H2,1H3,(H2,13,15,16). The molecule has 5 nitrogen and oxygen atoms in total. The fourth-order valence-electron chi connectivity index (χ4n) is 1.27. The van der Waals surface area contributed by atoms with E-state index in [0.717, 1.165) is 0 Å². The van der Waals surface area contributed by atoms with Crippen molar-refractivity contribution in [3.63, 3.8) is 0 Å². The summed E-state index contributed by atoms with van der Waals surface area (Å²) in [5.41, 5.74) is 5.65. The number of nitrogens with zero attached hydrogens (tertiary/aromatic N) is 3. The average molecular weight is 251 g/mol. The Kier molecular flexibility index (Phi) is 3.39. The zero-order chi connectivity index (χ0) is 12.3. The van der Waals surface area contributed by atoms with Crippen LogP contribution in [0.25, 0.3) is 0 Å². The molecule has 0 bridgehead atoms. The predicted molar refractivity (Wildman–Crippen MR) is 65.1 cm³/mol. The van der Waals surface area contributed by atoms with Gasteiger partial charge in [0, 0.05) is 24.8 Å². The van der Waals surface area contributed by atoms with Crippen LogP contribution in [0.3, 0.4) is 0 Å². The highest BCUT2D eigenvalue weighted by molar-refractivity contribution is 6.30. The van der Waals surface area contributed by atoms with Gasteiger partial charge in [-0.15, -0.1) is 0 Å². The third kappa shape index (κ3) is 3.04. The third-order valence-corrected chi connectivity index (χ3v) is 2.19. The molecule has 2 aromatic rings. The molecule has 0 saturated carbocycles. The van der Waals surface area contributed by atoms with Crippen LogP contribution in [0, 0.1) is 0 Å². The van der Waals surface area contributed by atoms with Crippen molar-refractivity contribution >= 4 is 17.4 Å². The third-order valence-electron chi connectivity index (χ3n) is 1.99. The largest absolute Gasteiger partial charge is 0.437 e. The number of pyridine rings is 1. The normalized spacial score (nSPS) is 10.2. The molecule has 0 unspecified atom stereocenters. The second-order valence-electron chi connectivity index (χ2n) is 3.34. The first-order valence-electron chi connectivity index (χ1n) is 5.09. The average Bonchev–Trinajstić information content (AvgIpc) is 2.28. The number of aromatic nitrogens is 3. The quantitative estimate of drug-likeness (QED) is 0.906. The second kappa shape index (κ2) is 4.97. The van der Waals surface area contributed by atoms with Crippen LogP contribution in [0.15, 0.2) is 24.5 Å². The monoisotopic (exact) mass is 250 g/mol. The molecule has 0 radical (unpaired) electrons. The molecular weight excluding hydrogens is 240 g/mol. The minimum atomic E-state index is 0.377. The van der Waals surface area contributed by atoms with Gasteiger partial charge in [0.2, 0.25) is 5.88 Å². The molecule has 2 aromatic heterocycles. The lowest BCUT2D eigenvalue weighted by Crippen LogP contribution is -2.00. The van der Waals surface area contributed by atoms with Crippen LogP contribution in [-0.2, 0) is 6.42 Å². The van der Waals surface area contributed by atoms with E-state index in [9.17, 15) is 0 Å². The van der Waals surface area contributed by atoms with Gasteiger partial charge in [0.05, 0.1) is 11.2 Å². The number of rotatable bonds is 3. The summed E-state index contributed by atoms with van der Waals surface area (Å²) in [4.78, 5) is 12.2. The van der Waals surface area contributed by atoms with Crippen LogP contribution in [0.2, 0.25) is 5.02 Å². The van der Waals surface area contributed by atoms with Crippen LogP contribution in [-0.4, -0.2) is 15.0 Å². The highest BCUT2D eigenvalue weighted by atomic mass is 35.5. The van der Waals surface area contributed by atoms with Gasteiger partial charge in [-0.3, -0.25) is 4.98 Å². The molecule has 88 valence electrons. The van der Waals surface area contributed by atoms with E-state index in [-0.39, 0.29) is 0 Å². The predicted octanol–water partition coefficient (Wildman–Crippen LogP) is 2.46. The lowest BCUT2D eigenvalue weighted by molar-refractivity contribution is 0.457. The van der Waals surface area contributed by atoms with Crippen LogP contribution < -0.4 is 10.5 Å². The molecule has 0 amide bonds. The Balaban J connectivity index is 2.26. The van der Waals surface area contributed by atoms with Gasteiger partial charge in [0.1, 0.15) is 17.4 Å². The van der Waals surface area contributed by atoms with Gasteiger partial charge >= 0.3 is 0 Å². The minimum Gasteiger partial charge on any atom is -0.437 e. The summed E-state index contributed by atoms with van der Waals surface area (Å²) < 4.78 is 5.50. The highest BCUT2D eigenvalue weighted by Crippen LogP contribution is 2.22. The number of nitrogens with two attached hydrogens (primary N) is 1. The van der Waals surface area contributed by atoms with E-state index in [4.69, 9.17) is 22.1 Å². The highest BCUT2D eigenvalue weighted by Gasteiger charge is 2.04. The topological polar surface area (TPSA) is 73.9 Å². The molecule has 2 heterocycles. The maximum atomic E-state index is 5.80. The molecule has 6 heteroatoms. The fraction of sp³-hybridized carbons (Fsp3) is 0.182. The van der Waals surface area contributed by atoms with Crippen molar-refractivity contribution in [1.29, 1.82) is 0 Å². The Labute approximate surface area is 104 Å². The smallest absolute Gasteiger partial charge is 0.224 e. The summed E-state index contributed by atoms with van der Waals surface area (Å²) in [5.74, 6) is 1.91. The van der Waals surface area contributed by atoms with Crippen LogP contribution in [0.1, 0.15) is 12.7 Å². The van der Waals surface area contributed by atoms with Gasteiger partial charge in [0.15, 0.2) is 0 Å². The van der Waals surface area contributed by atoms with E-state index in [2.05, 4.69) is 15.0 Å². The Morgan fingerprint density at radius 1 is 1.29 bits per heavy atom. The summed E-state index contributed by atoms with van der Waals surface area (Å²) in [6.45, 7) is 1.94. The van der Waals surface area contributed by atoms with Gasteiger partial charge in [-0.1, -0.05) is 18.5 Å². The molecule has 0 saturated heterocycles. The lowest BCUT2D eigenvalue weighted by Gasteiger charge is -2.06. The van der Waals surface area contributed by atoms with Crippen molar-refractivity contribution < 1.29 is 4.74 Å². The summed E-state index contributed by atoms with van der Waals surface area (Å²) in [6.07, 6.45) is 3.77. The maximum absolute atomic E-state index is 5.80. The van der Waals surface area contributed by atoms with Crippen molar-refractivity contribution in [3.05, 3.63) is 35.4 Å². The Hall–Kier alpha value is -1.88. The Morgan fingerprint density at radius 3 is 2.82 bits per heavy atom. The fourth-order valence-corrected chi connectivity index (χ4v) is 1.44. The molecule has 0 fully saturated rings. The molecule has 0 spiro atoms. The molecule has 0 aliphatic rings. The number of halogens is 1. The molecule has 2 N–H and O–H groups in total. The second-order valence-corrected chi connectivity index (χ2v) is 3.78. The zero-order valence-electron chi connectivity index (χ0n) is 9.22. The van der Waals surface area contributed by atoms with Gasteiger partial charge < -0.3 is 10.5 Å². The number of aryl methyl sites for hydroxylation is 1. The maximum Gasteiger partial charge on any atom is 0.224 e. The van der Waals surface area contributed by atoms with Crippen LogP contribution >= 0.6 is 11.6 Å². The first-order valence-corrected chi connectivity index (χ1v) is 5.47. The summed E-state index contributed by atoms with van der Waals surface area (Å²) in [5, 5.41) is 0.500. The van der Waals surface area contributed by atoms with Crippen LogP contribution in [0.5, 0.6) is 11.6 Å². The molecule has 0 aromatic carbocycles. The number of anilines is 1. The zero-order valence-corrected chi connectivity index (χ0v) is 9.98. The summed E-state index contributed by atoms with van der Waals surface area (Å²) >= 11 is 5.80. The molecule has 0 atom stereocenters. The van der Waals surface area contributed by atoms with Crippen molar-refractivity contribution in [2.45, 2.75) is 13.3 Å². The van der Waals surface area contributed by atoms with Gasteiger partial charge in [-0.25, -0.2) is 4.98 Å². The van der Waals surface area contributed by atoms with E-state index in [1.807, 2.05) is 6.92 Å². The van der Waals surface area contributed by atoms with Crippen LogP contribution in [0.4, 0.5) is 5.82 Å². The molecular formula is C11H11ClN4O. The molecule has 0 aliphatic heterocycles. The van der Waals surface area contributed by atoms with Gasteiger partial charge in [0.25, 0.3) is 0 Å². The number of hydrogen-bond acceptors (Lipinski definition) is 5. The van der Waals surface area contributed by atoms with E-state index in [1.54, 1.807) is 18.3 Å².